The van der Waals surface area contributed by atoms with E-state index in [1.165, 1.54) is 18.2 Å². The third-order valence-corrected chi connectivity index (χ3v) is 3.15. The van der Waals surface area contributed by atoms with Crippen LogP contribution in [0.15, 0.2) is 18.2 Å². The maximum Gasteiger partial charge on any atom is 0.123 e. The van der Waals surface area contributed by atoms with Crippen LogP contribution in [0.1, 0.15) is 5.56 Å². The van der Waals surface area contributed by atoms with Gasteiger partial charge in [-0.05, 0) is 30.2 Å². The smallest absolute Gasteiger partial charge is 0.123 e. The Morgan fingerprint density at radius 1 is 1.47 bits per heavy atom. The normalized spacial score (nSPS) is 22.4. The molecule has 2 unspecified atom stereocenters. The van der Waals surface area contributed by atoms with E-state index >= 15 is 0 Å². The van der Waals surface area contributed by atoms with E-state index < -0.39 is 0 Å². The molecule has 3 nitrogen and oxygen atoms in total. The lowest BCUT2D eigenvalue weighted by Gasteiger charge is -2.28. The minimum Gasteiger partial charge on any atom is -0.376 e. The van der Waals surface area contributed by atoms with Gasteiger partial charge in [0.25, 0.3) is 0 Å². The minimum absolute atomic E-state index is 0.150. The summed E-state index contributed by atoms with van der Waals surface area (Å²) in [5.41, 5.74) is 6.72. The van der Waals surface area contributed by atoms with E-state index in [2.05, 4.69) is 0 Å². The van der Waals surface area contributed by atoms with Crippen LogP contribution in [0.4, 0.5) is 4.39 Å². The van der Waals surface area contributed by atoms with Gasteiger partial charge in [0.2, 0.25) is 0 Å². The quantitative estimate of drug-likeness (QED) is 0.900. The summed E-state index contributed by atoms with van der Waals surface area (Å²) in [4.78, 5) is 0. The Labute approximate surface area is 105 Å². The fourth-order valence-corrected chi connectivity index (χ4v) is 2.03. The van der Waals surface area contributed by atoms with Crippen LogP contribution in [0.2, 0.25) is 5.02 Å². The maximum atomic E-state index is 13.1. The molecule has 1 aromatic carbocycles. The standard InChI is InChI=1S/C12H15ClFNO2/c13-10-2-1-9(14)5-8(10)6-11(15)12-7-16-3-4-17-12/h1-2,5,11-12H,3-4,6-7,15H2. The van der Waals surface area contributed by atoms with Crippen LogP contribution in [0.5, 0.6) is 0 Å². The van der Waals surface area contributed by atoms with Crippen LogP contribution < -0.4 is 5.73 Å². The molecular formula is C12H15ClFNO2. The molecule has 1 aromatic rings. The number of benzene rings is 1. The second kappa shape index (κ2) is 5.78. The fourth-order valence-electron chi connectivity index (χ4n) is 1.84. The molecule has 1 fully saturated rings. The highest BCUT2D eigenvalue weighted by Crippen LogP contribution is 2.20. The highest BCUT2D eigenvalue weighted by molar-refractivity contribution is 6.31. The number of hydrogen-bond acceptors (Lipinski definition) is 3. The number of rotatable bonds is 3. The lowest BCUT2D eigenvalue weighted by molar-refractivity contribution is -0.0967. The summed E-state index contributed by atoms with van der Waals surface area (Å²) in [6, 6.07) is 4.04. The van der Waals surface area contributed by atoms with Crippen molar-refractivity contribution < 1.29 is 13.9 Å². The minimum atomic E-state index is -0.308. The molecule has 0 aliphatic carbocycles. The molecule has 2 rings (SSSR count). The molecule has 0 amide bonds. The van der Waals surface area contributed by atoms with Crippen molar-refractivity contribution in [2.24, 2.45) is 5.73 Å². The average Bonchev–Trinajstić information content (AvgIpc) is 2.35. The zero-order chi connectivity index (χ0) is 12.3. The van der Waals surface area contributed by atoms with Crippen molar-refractivity contribution >= 4 is 11.6 Å². The molecule has 94 valence electrons. The van der Waals surface area contributed by atoms with Gasteiger partial charge in [-0.1, -0.05) is 11.6 Å². The van der Waals surface area contributed by atoms with Gasteiger partial charge in [-0.3, -0.25) is 0 Å². The average molecular weight is 260 g/mol. The molecule has 1 aliphatic rings. The second-order valence-electron chi connectivity index (χ2n) is 4.09. The molecule has 1 aliphatic heterocycles. The van der Waals surface area contributed by atoms with Crippen molar-refractivity contribution in [1.82, 2.24) is 0 Å². The Balaban J connectivity index is 2.01. The molecule has 0 radical (unpaired) electrons. The lowest BCUT2D eigenvalue weighted by Crippen LogP contribution is -2.44. The first kappa shape index (κ1) is 12.8. The van der Waals surface area contributed by atoms with E-state index in [0.717, 1.165) is 0 Å². The highest BCUT2D eigenvalue weighted by atomic mass is 35.5. The predicted molar refractivity (Wildman–Crippen MR) is 63.6 cm³/mol. The van der Waals surface area contributed by atoms with Crippen molar-refractivity contribution in [2.75, 3.05) is 19.8 Å². The van der Waals surface area contributed by atoms with Crippen molar-refractivity contribution in [3.8, 4) is 0 Å². The van der Waals surface area contributed by atoms with Crippen molar-refractivity contribution in [3.05, 3.63) is 34.6 Å². The summed E-state index contributed by atoms with van der Waals surface area (Å²) in [6.07, 6.45) is 0.327. The zero-order valence-electron chi connectivity index (χ0n) is 9.36. The summed E-state index contributed by atoms with van der Waals surface area (Å²) in [7, 11) is 0. The van der Waals surface area contributed by atoms with E-state index in [1.54, 1.807) is 0 Å². The van der Waals surface area contributed by atoms with E-state index in [1.807, 2.05) is 0 Å². The van der Waals surface area contributed by atoms with Gasteiger partial charge in [-0.2, -0.15) is 0 Å². The fraction of sp³-hybridized carbons (Fsp3) is 0.500. The Morgan fingerprint density at radius 2 is 2.29 bits per heavy atom. The lowest BCUT2D eigenvalue weighted by atomic mass is 10.0. The number of ether oxygens (including phenoxy) is 2. The summed E-state index contributed by atoms with van der Waals surface area (Å²) in [5, 5.41) is 0.526. The summed E-state index contributed by atoms with van der Waals surface area (Å²) < 4.78 is 23.9. The van der Waals surface area contributed by atoms with Crippen LogP contribution >= 0.6 is 11.6 Å². The van der Waals surface area contributed by atoms with E-state index in [4.69, 9.17) is 26.8 Å². The van der Waals surface area contributed by atoms with Gasteiger partial charge in [0.1, 0.15) is 5.82 Å². The summed E-state index contributed by atoms with van der Waals surface area (Å²) in [6.45, 7) is 1.63. The summed E-state index contributed by atoms with van der Waals surface area (Å²) in [5.74, 6) is -0.308. The Hall–Kier alpha value is -0.680. The Morgan fingerprint density at radius 3 is 3.00 bits per heavy atom. The predicted octanol–water partition coefficient (Wildman–Crippen LogP) is 1.76. The number of nitrogens with two attached hydrogens (primary N) is 1. The van der Waals surface area contributed by atoms with E-state index in [-0.39, 0.29) is 18.0 Å². The van der Waals surface area contributed by atoms with Gasteiger partial charge in [0.15, 0.2) is 0 Å². The number of hydrogen-bond donors (Lipinski definition) is 1. The molecule has 1 saturated heterocycles. The van der Waals surface area contributed by atoms with Crippen LogP contribution in [-0.2, 0) is 15.9 Å². The topological polar surface area (TPSA) is 44.5 Å². The first-order chi connectivity index (χ1) is 8.16. The molecular weight excluding hydrogens is 245 g/mol. The summed E-state index contributed by atoms with van der Waals surface area (Å²) >= 11 is 5.98. The van der Waals surface area contributed by atoms with Crippen molar-refractivity contribution in [2.45, 2.75) is 18.6 Å². The Kier molecular flexibility index (Phi) is 4.34. The first-order valence-corrected chi connectivity index (χ1v) is 5.93. The van der Waals surface area contributed by atoms with Gasteiger partial charge < -0.3 is 15.2 Å². The van der Waals surface area contributed by atoms with Gasteiger partial charge >= 0.3 is 0 Å². The molecule has 0 aromatic heterocycles. The maximum absolute atomic E-state index is 13.1. The van der Waals surface area contributed by atoms with E-state index in [0.29, 0.717) is 36.8 Å². The van der Waals surface area contributed by atoms with Crippen molar-refractivity contribution in [3.63, 3.8) is 0 Å². The van der Waals surface area contributed by atoms with Crippen LogP contribution in [0.25, 0.3) is 0 Å². The SMILES string of the molecule is NC(Cc1cc(F)ccc1Cl)C1COCCO1. The largest absolute Gasteiger partial charge is 0.376 e. The van der Waals surface area contributed by atoms with Crippen LogP contribution in [0, 0.1) is 5.82 Å². The first-order valence-electron chi connectivity index (χ1n) is 5.55. The van der Waals surface area contributed by atoms with Gasteiger partial charge in [-0.25, -0.2) is 4.39 Å². The monoisotopic (exact) mass is 259 g/mol. The van der Waals surface area contributed by atoms with Gasteiger partial charge in [0.05, 0.1) is 25.9 Å². The third-order valence-electron chi connectivity index (χ3n) is 2.78. The molecule has 1 heterocycles. The van der Waals surface area contributed by atoms with Gasteiger partial charge in [0, 0.05) is 11.1 Å². The van der Waals surface area contributed by atoms with Gasteiger partial charge in [-0.15, -0.1) is 0 Å². The number of halogens is 2. The third kappa shape index (κ3) is 3.39. The molecule has 0 spiro atoms. The molecule has 2 N–H and O–H groups in total. The van der Waals surface area contributed by atoms with Crippen molar-refractivity contribution in [1.29, 1.82) is 0 Å². The zero-order valence-corrected chi connectivity index (χ0v) is 10.1. The molecule has 17 heavy (non-hydrogen) atoms. The van der Waals surface area contributed by atoms with Crippen LogP contribution in [-0.4, -0.2) is 32.0 Å². The molecule has 0 saturated carbocycles. The van der Waals surface area contributed by atoms with Crippen LogP contribution in [0.3, 0.4) is 0 Å². The molecule has 0 bridgehead atoms. The highest BCUT2D eigenvalue weighted by Gasteiger charge is 2.22. The van der Waals surface area contributed by atoms with E-state index in [9.17, 15) is 4.39 Å². The molecule has 2 atom stereocenters. The Bertz CT molecular complexity index is 383. The molecule has 5 heteroatoms. The second-order valence-corrected chi connectivity index (χ2v) is 4.50.